The molecule has 0 atom stereocenters. The number of nitrogens with one attached hydrogen (secondary N) is 1. The van der Waals surface area contributed by atoms with Crippen molar-refractivity contribution in [2.75, 3.05) is 6.54 Å². The third-order valence-corrected chi connectivity index (χ3v) is 5.16. The molecule has 7 heteroatoms. The van der Waals surface area contributed by atoms with Crippen molar-refractivity contribution < 1.29 is 4.42 Å². The summed E-state index contributed by atoms with van der Waals surface area (Å²) in [4.78, 5) is 21.8. The van der Waals surface area contributed by atoms with E-state index in [1.165, 1.54) is 0 Å². The maximum Gasteiger partial charge on any atom is 0.342 e. The molecule has 0 bridgehead atoms. The lowest BCUT2D eigenvalue weighted by molar-refractivity contribution is 0.240. The van der Waals surface area contributed by atoms with E-state index < -0.39 is 0 Å². The molecule has 25 heavy (non-hydrogen) atoms. The van der Waals surface area contributed by atoms with Gasteiger partial charge in [-0.1, -0.05) is 23.2 Å². The minimum absolute atomic E-state index is 0.377. The van der Waals surface area contributed by atoms with Crippen molar-refractivity contribution in [1.29, 1.82) is 0 Å². The monoisotopic (exact) mass is 373 g/mol. The second-order valence-electron chi connectivity index (χ2n) is 6.33. The molecule has 1 aromatic carbocycles. The van der Waals surface area contributed by atoms with Crippen molar-refractivity contribution in [3.05, 3.63) is 67.0 Å². The average Bonchev–Trinajstić information content (AvgIpc) is 2.59. The minimum Gasteiger partial charge on any atom is -0.422 e. The fraction of sp³-hybridized carbons (Fsp3) is 0.278. The molecule has 0 aliphatic carbocycles. The normalized spacial score (nSPS) is 14.6. The molecule has 2 aromatic heterocycles. The van der Waals surface area contributed by atoms with Gasteiger partial charge in [-0.3, -0.25) is 4.90 Å². The number of benzene rings is 1. The number of halogens is 1. The standard InChI is InChI=1S/C18H16ClN3O2S/c1-10-2-3-15-12(6-10)16(19)13(17(23)24-15)9-22-5-4-14-11(8-22)7-20-18(25)21-14/h2-3,6-7H,4-5,8-9H2,1H3,(H,20,21,25). The summed E-state index contributed by atoms with van der Waals surface area (Å²) < 4.78 is 5.96. The van der Waals surface area contributed by atoms with Crippen LogP contribution in [0.2, 0.25) is 5.02 Å². The number of aromatic nitrogens is 2. The van der Waals surface area contributed by atoms with E-state index >= 15 is 0 Å². The fourth-order valence-electron chi connectivity index (χ4n) is 3.22. The lowest BCUT2D eigenvalue weighted by Gasteiger charge is -2.28. The number of H-pyrrole nitrogens is 1. The molecule has 0 saturated heterocycles. The van der Waals surface area contributed by atoms with E-state index in [4.69, 9.17) is 28.2 Å². The number of nitrogens with zero attached hydrogens (tertiary/aromatic N) is 2. The number of aryl methyl sites for hydroxylation is 1. The molecule has 0 fully saturated rings. The third-order valence-electron chi connectivity index (χ3n) is 4.52. The Bertz CT molecular complexity index is 1090. The Balaban J connectivity index is 1.68. The van der Waals surface area contributed by atoms with E-state index in [1.54, 1.807) is 12.3 Å². The fourth-order valence-corrected chi connectivity index (χ4v) is 3.68. The topological polar surface area (TPSA) is 62.1 Å². The first-order valence-corrected chi connectivity index (χ1v) is 8.81. The van der Waals surface area contributed by atoms with E-state index in [0.29, 0.717) is 34.0 Å². The van der Waals surface area contributed by atoms with E-state index in [9.17, 15) is 4.79 Å². The number of hydrogen-bond donors (Lipinski definition) is 1. The average molecular weight is 374 g/mol. The molecule has 0 unspecified atom stereocenters. The first-order chi connectivity index (χ1) is 12.0. The molecule has 1 aliphatic heterocycles. The van der Waals surface area contributed by atoms with Gasteiger partial charge in [0.15, 0.2) is 4.77 Å². The van der Waals surface area contributed by atoms with Crippen LogP contribution in [0.4, 0.5) is 0 Å². The van der Waals surface area contributed by atoms with Crippen LogP contribution in [0, 0.1) is 11.7 Å². The van der Waals surface area contributed by atoms with Crippen LogP contribution in [0.5, 0.6) is 0 Å². The van der Waals surface area contributed by atoms with Gasteiger partial charge >= 0.3 is 5.63 Å². The van der Waals surface area contributed by atoms with Crippen LogP contribution < -0.4 is 5.63 Å². The van der Waals surface area contributed by atoms with Gasteiger partial charge in [-0.05, 0) is 31.3 Å². The second kappa shape index (κ2) is 6.37. The highest BCUT2D eigenvalue weighted by atomic mass is 35.5. The van der Waals surface area contributed by atoms with E-state index in [1.807, 2.05) is 19.1 Å². The largest absolute Gasteiger partial charge is 0.422 e. The Morgan fingerprint density at radius 3 is 3.12 bits per heavy atom. The Hall–Kier alpha value is -2.02. The quantitative estimate of drug-likeness (QED) is 0.547. The summed E-state index contributed by atoms with van der Waals surface area (Å²) in [7, 11) is 0. The first kappa shape index (κ1) is 16.4. The molecular weight excluding hydrogens is 358 g/mol. The smallest absolute Gasteiger partial charge is 0.342 e. The molecule has 0 spiro atoms. The number of hydrogen-bond acceptors (Lipinski definition) is 5. The highest BCUT2D eigenvalue weighted by molar-refractivity contribution is 7.71. The predicted molar refractivity (Wildman–Crippen MR) is 99.5 cm³/mol. The summed E-state index contributed by atoms with van der Waals surface area (Å²) in [6, 6.07) is 5.63. The van der Waals surface area contributed by atoms with Gasteiger partial charge in [-0.25, -0.2) is 9.78 Å². The molecule has 0 radical (unpaired) electrons. The van der Waals surface area contributed by atoms with Crippen LogP contribution in [0.15, 0.2) is 33.6 Å². The summed E-state index contributed by atoms with van der Waals surface area (Å²) in [5, 5.41) is 1.26. The molecule has 128 valence electrons. The highest BCUT2D eigenvalue weighted by Crippen LogP contribution is 2.27. The van der Waals surface area contributed by atoms with Crippen molar-refractivity contribution in [1.82, 2.24) is 14.9 Å². The van der Waals surface area contributed by atoms with Crippen LogP contribution in [0.3, 0.4) is 0 Å². The lowest BCUT2D eigenvalue weighted by atomic mass is 10.1. The molecule has 5 nitrogen and oxygen atoms in total. The molecule has 3 aromatic rings. The zero-order valence-corrected chi connectivity index (χ0v) is 15.2. The van der Waals surface area contributed by atoms with E-state index in [-0.39, 0.29) is 5.63 Å². The number of fused-ring (bicyclic) bond motifs is 2. The Morgan fingerprint density at radius 2 is 2.28 bits per heavy atom. The predicted octanol–water partition coefficient (Wildman–Crippen LogP) is 3.77. The van der Waals surface area contributed by atoms with Gasteiger partial charge in [0, 0.05) is 48.9 Å². The van der Waals surface area contributed by atoms with Gasteiger partial charge in [0.1, 0.15) is 5.58 Å². The van der Waals surface area contributed by atoms with Crippen LogP contribution in [0.1, 0.15) is 22.4 Å². The van der Waals surface area contributed by atoms with E-state index in [2.05, 4.69) is 14.9 Å². The van der Waals surface area contributed by atoms with Crippen LogP contribution in [-0.4, -0.2) is 21.4 Å². The van der Waals surface area contributed by atoms with Crippen LogP contribution in [0.25, 0.3) is 11.0 Å². The summed E-state index contributed by atoms with van der Waals surface area (Å²) >= 11 is 11.6. The maximum absolute atomic E-state index is 12.4. The van der Waals surface area contributed by atoms with Crippen molar-refractivity contribution in [2.24, 2.45) is 0 Å². The summed E-state index contributed by atoms with van der Waals surface area (Å²) in [6.07, 6.45) is 2.63. The molecule has 1 aliphatic rings. The Kier molecular flexibility index (Phi) is 4.19. The van der Waals surface area contributed by atoms with Gasteiger partial charge < -0.3 is 9.40 Å². The zero-order valence-electron chi connectivity index (χ0n) is 13.6. The molecule has 0 amide bonds. The molecule has 4 rings (SSSR count). The lowest BCUT2D eigenvalue weighted by Crippen LogP contribution is -2.32. The van der Waals surface area contributed by atoms with Gasteiger partial charge in [0.2, 0.25) is 0 Å². The van der Waals surface area contributed by atoms with Gasteiger partial charge in [-0.2, -0.15) is 0 Å². The van der Waals surface area contributed by atoms with Crippen molar-refractivity contribution >= 4 is 34.8 Å². The molecule has 0 saturated carbocycles. The Morgan fingerprint density at radius 1 is 1.44 bits per heavy atom. The zero-order chi connectivity index (χ0) is 17.6. The molecule has 1 N–H and O–H groups in total. The molecule has 3 heterocycles. The minimum atomic E-state index is -0.377. The van der Waals surface area contributed by atoms with Crippen molar-refractivity contribution in [3.63, 3.8) is 0 Å². The first-order valence-electron chi connectivity index (χ1n) is 8.02. The van der Waals surface area contributed by atoms with Gasteiger partial charge in [0.25, 0.3) is 0 Å². The summed E-state index contributed by atoms with van der Waals surface area (Å²) in [5.74, 6) is 0. The summed E-state index contributed by atoms with van der Waals surface area (Å²) in [5.41, 5.74) is 3.92. The van der Waals surface area contributed by atoms with Crippen molar-refractivity contribution in [2.45, 2.75) is 26.4 Å². The second-order valence-corrected chi connectivity index (χ2v) is 7.10. The number of rotatable bonds is 2. The van der Waals surface area contributed by atoms with Crippen LogP contribution >= 0.6 is 23.8 Å². The SMILES string of the molecule is Cc1ccc2oc(=O)c(CN3CCc4[nH]c(=S)ncc4C3)c(Cl)c2c1. The number of aromatic amines is 1. The van der Waals surface area contributed by atoms with Gasteiger partial charge in [-0.15, -0.1) is 0 Å². The van der Waals surface area contributed by atoms with E-state index in [0.717, 1.165) is 35.2 Å². The molecular formula is C18H16ClN3O2S. The Labute approximate surface area is 154 Å². The third kappa shape index (κ3) is 3.13. The summed E-state index contributed by atoms with van der Waals surface area (Å²) in [6.45, 7) is 3.93. The van der Waals surface area contributed by atoms with Crippen molar-refractivity contribution in [3.8, 4) is 0 Å². The highest BCUT2D eigenvalue weighted by Gasteiger charge is 2.21. The van der Waals surface area contributed by atoms with Gasteiger partial charge in [0.05, 0.1) is 10.6 Å². The maximum atomic E-state index is 12.4. The van der Waals surface area contributed by atoms with Crippen LogP contribution in [-0.2, 0) is 19.5 Å².